The predicted octanol–water partition coefficient (Wildman–Crippen LogP) is 5.75. The SMILES string of the molecule is CN(C)c1sc(=NCCOCCOCCN=c2sc(-c3ccc([N+](=O)[O-])cc3)c(N(C)C)s2)sc1-c1ccc([N+](=O)[O-])cc1. The largest absolute Gasteiger partial charge is 0.377 e. The Morgan fingerprint density at radius 1 is 0.614 bits per heavy atom. The van der Waals surface area contributed by atoms with Gasteiger partial charge in [0.25, 0.3) is 11.4 Å². The van der Waals surface area contributed by atoms with E-state index in [9.17, 15) is 20.2 Å². The third kappa shape index (κ3) is 8.99. The molecule has 0 atom stereocenters. The molecule has 0 spiro atoms. The third-order valence-corrected chi connectivity index (χ3v) is 11.2. The normalized spacial score (nSPS) is 12.1. The topological polar surface area (TPSA) is 136 Å². The standard InChI is InChI=1S/C28H32N6O6S4/c1-31(2)25-23(19-5-9-21(10-6-19)33(35)36)41-27(43-25)29-13-15-39-17-18-40-16-14-30-28-42-24(26(44-28)32(3)4)20-7-11-22(12-8-20)34(37)38/h5-12H,13-18H2,1-4H3. The fourth-order valence-corrected chi connectivity index (χ4v) is 8.78. The molecule has 2 heterocycles. The van der Waals surface area contributed by atoms with Crippen molar-refractivity contribution in [1.82, 2.24) is 0 Å². The molecule has 4 aromatic rings. The van der Waals surface area contributed by atoms with E-state index >= 15 is 0 Å². The summed E-state index contributed by atoms with van der Waals surface area (Å²) in [6.45, 7) is 2.89. The summed E-state index contributed by atoms with van der Waals surface area (Å²) >= 11 is 6.28. The number of non-ortho nitro benzene ring substituents is 2. The van der Waals surface area contributed by atoms with Gasteiger partial charge in [0.15, 0.2) is 7.97 Å². The Labute approximate surface area is 270 Å². The first-order valence-corrected chi connectivity index (χ1v) is 16.7. The van der Waals surface area contributed by atoms with E-state index in [0.29, 0.717) is 39.5 Å². The van der Waals surface area contributed by atoms with E-state index in [1.54, 1.807) is 69.6 Å². The van der Waals surface area contributed by atoms with Gasteiger partial charge in [0.2, 0.25) is 0 Å². The van der Waals surface area contributed by atoms with Gasteiger partial charge in [-0.25, -0.2) is 0 Å². The summed E-state index contributed by atoms with van der Waals surface area (Å²) in [4.78, 5) is 36.6. The van der Waals surface area contributed by atoms with Gasteiger partial charge < -0.3 is 19.3 Å². The molecule has 0 aliphatic carbocycles. The molecule has 0 radical (unpaired) electrons. The van der Waals surface area contributed by atoms with Gasteiger partial charge in [0.1, 0.15) is 10.0 Å². The van der Waals surface area contributed by atoms with Crippen LogP contribution in [0, 0.1) is 20.2 Å². The smallest absolute Gasteiger partial charge is 0.269 e. The lowest BCUT2D eigenvalue weighted by Gasteiger charge is -2.11. The Kier molecular flexibility index (Phi) is 12.1. The molecular weight excluding hydrogens is 645 g/mol. The Bertz CT molecular complexity index is 1570. The molecule has 0 amide bonds. The van der Waals surface area contributed by atoms with Crippen molar-refractivity contribution in [2.24, 2.45) is 9.98 Å². The van der Waals surface area contributed by atoms with Crippen LogP contribution in [0.25, 0.3) is 20.9 Å². The molecule has 12 nitrogen and oxygen atoms in total. The molecular formula is C28H32N6O6S4. The highest BCUT2D eigenvalue weighted by molar-refractivity contribution is 7.33. The van der Waals surface area contributed by atoms with Gasteiger partial charge in [-0.05, 0) is 35.4 Å². The number of nitrogens with zero attached hydrogens (tertiary/aromatic N) is 6. The maximum Gasteiger partial charge on any atom is 0.269 e. The zero-order valence-electron chi connectivity index (χ0n) is 24.6. The van der Waals surface area contributed by atoms with E-state index in [4.69, 9.17) is 9.47 Å². The summed E-state index contributed by atoms with van der Waals surface area (Å²) in [6.07, 6.45) is 0. The number of nitro benzene ring substituents is 2. The summed E-state index contributed by atoms with van der Waals surface area (Å²) in [6, 6.07) is 13.1. The minimum atomic E-state index is -0.399. The minimum absolute atomic E-state index is 0.0675. The average Bonchev–Trinajstić information content (AvgIpc) is 3.63. The van der Waals surface area contributed by atoms with Gasteiger partial charge in [-0.2, -0.15) is 0 Å². The van der Waals surface area contributed by atoms with E-state index in [1.807, 2.05) is 38.0 Å². The lowest BCUT2D eigenvalue weighted by molar-refractivity contribution is -0.385. The van der Waals surface area contributed by atoms with Crippen molar-refractivity contribution in [1.29, 1.82) is 0 Å². The molecule has 0 unspecified atom stereocenters. The summed E-state index contributed by atoms with van der Waals surface area (Å²) in [7, 11) is 7.87. The van der Waals surface area contributed by atoms with Gasteiger partial charge in [-0.1, -0.05) is 22.7 Å². The number of hydrogen-bond donors (Lipinski definition) is 0. The van der Waals surface area contributed by atoms with Crippen LogP contribution in [0.3, 0.4) is 0 Å². The second-order valence-electron chi connectivity index (χ2n) is 9.59. The van der Waals surface area contributed by atoms with Gasteiger partial charge in [0.05, 0.1) is 59.1 Å². The molecule has 16 heteroatoms. The zero-order chi connectivity index (χ0) is 31.6. The van der Waals surface area contributed by atoms with Crippen molar-refractivity contribution in [3.63, 3.8) is 0 Å². The van der Waals surface area contributed by atoms with Crippen LogP contribution >= 0.6 is 45.3 Å². The monoisotopic (exact) mass is 676 g/mol. The number of nitro groups is 2. The van der Waals surface area contributed by atoms with Crippen molar-refractivity contribution < 1.29 is 19.3 Å². The number of rotatable bonds is 15. The van der Waals surface area contributed by atoms with Crippen LogP contribution < -0.4 is 17.8 Å². The van der Waals surface area contributed by atoms with E-state index in [1.165, 1.54) is 24.3 Å². The van der Waals surface area contributed by atoms with E-state index in [-0.39, 0.29) is 11.4 Å². The van der Waals surface area contributed by atoms with Crippen LogP contribution in [-0.2, 0) is 9.47 Å². The van der Waals surface area contributed by atoms with Crippen LogP contribution in [0.1, 0.15) is 0 Å². The number of ether oxygens (including phenoxy) is 2. The lowest BCUT2D eigenvalue weighted by Crippen LogP contribution is -2.10. The Balaban J connectivity index is 1.22. The molecule has 4 rings (SSSR count). The summed E-state index contributed by atoms with van der Waals surface area (Å²) in [5.41, 5.74) is 1.98. The molecule has 0 aliphatic rings. The third-order valence-electron chi connectivity index (χ3n) is 5.95. The van der Waals surface area contributed by atoms with E-state index < -0.39 is 9.85 Å². The molecule has 2 aromatic heterocycles. The summed E-state index contributed by atoms with van der Waals surface area (Å²) in [5, 5.41) is 24.1. The van der Waals surface area contributed by atoms with Crippen LogP contribution in [0.2, 0.25) is 0 Å². The van der Waals surface area contributed by atoms with Gasteiger partial charge >= 0.3 is 0 Å². The molecule has 0 saturated carbocycles. The number of hydrogen-bond acceptors (Lipinski definition) is 14. The summed E-state index contributed by atoms with van der Waals surface area (Å²) < 4.78 is 13.2. The zero-order valence-corrected chi connectivity index (χ0v) is 27.9. The molecule has 0 aliphatic heterocycles. The predicted molar refractivity (Wildman–Crippen MR) is 180 cm³/mol. The van der Waals surface area contributed by atoms with Crippen LogP contribution in [0.4, 0.5) is 21.4 Å². The fourth-order valence-electron chi connectivity index (χ4n) is 3.84. The maximum absolute atomic E-state index is 11.0. The molecule has 0 fully saturated rings. The van der Waals surface area contributed by atoms with Crippen LogP contribution in [-0.4, -0.2) is 77.6 Å². The van der Waals surface area contributed by atoms with Crippen molar-refractivity contribution in [3.8, 4) is 20.9 Å². The molecule has 0 bridgehead atoms. The van der Waals surface area contributed by atoms with Crippen molar-refractivity contribution in [2.75, 3.05) is 77.5 Å². The number of anilines is 2. The second kappa shape index (κ2) is 16.0. The fraction of sp³-hybridized carbons (Fsp3) is 0.357. The first-order chi connectivity index (χ1) is 21.1. The molecule has 2 aromatic carbocycles. The second-order valence-corrected chi connectivity index (χ2v) is 14.1. The molecule has 234 valence electrons. The highest BCUT2D eigenvalue weighted by atomic mass is 32.2. The van der Waals surface area contributed by atoms with Crippen LogP contribution in [0.5, 0.6) is 0 Å². The maximum atomic E-state index is 11.0. The Morgan fingerprint density at radius 2 is 0.977 bits per heavy atom. The molecule has 0 saturated heterocycles. The van der Waals surface area contributed by atoms with Gasteiger partial charge in [-0.3, -0.25) is 30.2 Å². The van der Waals surface area contributed by atoms with Crippen molar-refractivity contribution in [3.05, 3.63) is 76.7 Å². The quantitative estimate of drug-likeness (QED) is 0.0883. The van der Waals surface area contributed by atoms with E-state index in [2.05, 4.69) is 9.98 Å². The summed E-state index contributed by atoms with van der Waals surface area (Å²) in [5.74, 6) is 0. The molecule has 0 N–H and O–H groups in total. The lowest BCUT2D eigenvalue weighted by atomic mass is 10.2. The highest BCUT2D eigenvalue weighted by Crippen LogP contribution is 2.37. The number of benzene rings is 2. The van der Waals surface area contributed by atoms with Crippen molar-refractivity contribution in [2.45, 2.75) is 0 Å². The van der Waals surface area contributed by atoms with Gasteiger partial charge in [-0.15, -0.1) is 22.7 Å². The Hall–Kier alpha value is -3.54. The van der Waals surface area contributed by atoms with Crippen molar-refractivity contribution >= 4 is 66.7 Å². The van der Waals surface area contributed by atoms with Gasteiger partial charge in [0, 0.05) is 52.5 Å². The first-order valence-electron chi connectivity index (χ1n) is 13.4. The molecule has 44 heavy (non-hydrogen) atoms. The average molecular weight is 677 g/mol. The highest BCUT2D eigenvalue weighted by Gasteiger charge is 2.15. The Morgan fingerprint density at radius 3 is 1.30 bits per heavy atom. The minimum Gasteiger partial charge on any atom is -0.377 e. The first kappa shape index (κ1) is 33.4. The van der Waals surface area contributed by atoms with E-state index in [0.717, 1.165) is 38.9 Å². The van der Waals surface area contributed by atoms with Crippen LogP contribution in [0.15, 0.2) is 58.5 Å².